The van der Waals surface area contributed by atoms with Gasteiger partial charge in [-0.05, 0) is 32.9 Å². The average Bonchev–Trinajstić information content (AvgIpc) is 2.76. The SMILES string of the molecule is CC(CN1CCCCC1)n1c(N)nc2c(F)cc(F)cc21. The second kappa shape index (κ2) is 5.60. The number of imidazole rings is 1. The van der Waals surface area contributed by atoms with Crippen LogP contribution >= 0.6 is 0 Å². The summed E-state index contributed by atoms with van der Waals surface area (Å²) in [6.45, 7) is 4.96. The van der Waals surface area contributed by atoms with Crippen molar-refractivity contribution in [1.29, 1.82) is 0 Å². The Balaban J connectivity index is 1.93. The van der Waals surface area contributed by atoms with Crippen molar-refractivity contribution >= 4 is 17.0 Å². The van der Waals surface area contributed by atoms with Crippen molar-refractivity contribution < 1.29 is 8.78 Å². The van der Waals surface area contributed by atoms with Gasteiger partial charge in [0.2, 0.25) is 5.95 Å². The minimum absolute atomic E-state index is 0.0225. The predicted molar refractivity (Wildman–Crippen MR) is 79.1 cm³/mol. The first-order chi connectivity index (χ1) is 10.1. The zero-order chi connectivity index (χ0) is 15.0. The van der Waals surface area contributed by atoms with Crippen LogP contribution in [-0.2, 0) is 0 Å². The van der Waals surface area contributed by atoms with E-state index >= 15 is 0 Å². The van der Waals surface area contributed by atoms with Crippen molar-refractivity contribution in [3.05, 3.63) is 23.8 Å². The summed E-state index contributed by atoms with van der Waals surface area (Å²) in [5.41, 5.74) is 6.49. The molecule has 1 fully saturated rings. The molecule has 0 radical (unpaired) electrons. The van der Waals surface area contributed by atoms with Crippen LogP contribution in [0.5, 0.6) is 0 Å². The maximum absolute atomic E-state index is 13.8. The van der Waals surface area contributed by atoms with Crippen molar-refractivity contribution in [3.8, 4) is 0 Å². The fourth-order valence-corrected chi connectivity index (χ4v) is 3.20. The highest BCUT2D eigenvalue weighted by atomic mass is 19.1. The summed E-state index contributed by atoms with van der Waals surface area (Å²) in [5.74, 6) is -1.04. The molecule has 3 rings (SSSR count). The van der Waals surface area contributed by atoms with Gasteiger partial charge >= 0.3 is 0 Å². The van der Waals surface area contributed by atoms with Gasteiger partial charge in [0.1, 0.15) is 11.3 Å². The summed E-state index contributed by atoms with van der Waals surface area (Å²) in [4.78, 5) is 6.42. The lowest BCUT2D eigenvalue weighted by atomic mass is 10.1. The Bertz CT molecular complexity index is 647. The third-order valence-electron chi connectivity index (χ3n) is 4.15. The monoisotopic (exact) mass is 294 g/mol. The molecule has 21 heavy (non-hydrogen) atoms. The fraction of sp³-hybridized carbons (Fsp3) is 0.533. The number of fused-ring (bicyclic) bond motifs is 1. The van der Waals surface area contributed by atoms with Gasteiger partial charge in [-0.25, -0.2) is 13.8 Å². The lowest BCUT2D eigenvalue weighted by Crippen LogP contribution is -2.34. The zero-order valence-electron chi connectivity index (χ0n) is 12.1. The zero-order valence-corrected chi connectivity index (χ0v) is 12.1. The molecule has 1 unspecified atom stereocenters. The van der Waals surface area contributed by atoms with Gasteiger partial charge in [0.25, 0.3) is 0 Å². The van der Waals surface area contributed by atoms with Crippen LogP contribution in [0.2, 0.25) is 0 Å². The molecule has 0 aliphatic carbocycles. The molecule has 1 aliphatic heterocycles. The van der Waals surface area contributed by atoms with Gasteiger partial charge in [0.15, 0.2) is 5.82 Å². The van der Waals surface area contributed by atoms with E-state index in [-0.39, 0.29) is 17.5 Å². The van der Waals surface area contributed by atoms with E-state index in [1.54, 1.807) is 4.57 Å². The minimum atomic E-state index is -0.666. The van der Waals surface area contributed by atoms with E-state index in [0.717, 1.165) is 25.7 Å². The molecule has 1 saturated heterocycles. The summed E-state index contributed by atoms with van der Waals surface area (Å²) < 4.78 is 29.0. The smallest absolute Gasteiger partial charge is 0.201 e. The predicted octanol–water partition coefficient (Wildman–Crippen LogP) is 2.94. The van der Waals surface area contributed by atoms with Crippen molar-refractivity contribution in [2.24, 2.45) is 0 Å². The fourth-order valence-electron chi connectivity index (χ4n) is 3.20. The number of nitrogens with two attached hydrogens (primary N) is 1. The molecule has 0 saturated carbocycles. The molecule has 1 aliphatic rings. The van der Waals surface area contributed by atoms with E-state index in [1.165, 1.54) is 25.3 Å². The Hall–Kier alpha value is -1.69. The normalized spacial score (nSPS) is 18.2. The van der Waals surface area contributed by atoms with Gasteiger partial charge in [-0.15, -0.1) is 0 Å². The summed E-state index contributed by atoms with van der Waals surface area (Å²) in [7, 11) is 0. The molecule has 1 aromatic heterocycles. The van der Waals surface area contributed by atoms with Gasteiger partial charge in [0, 0.05) is 24.7 Å². The van der Waals surface area contributed by atoms with Crippen LogP contribution in [0.15, 0.2) is 12.1 Å². The van der Waals surface area contributed by atoms with E-state index in [4.69, 9.17) is 5.73 Å². The van der Waals surface area contributed by atoms with Crippen molar-refractivity contribution in [3.63, 3.8) is 0 Å². The lowest BCUT2D eigenvalue weighted by Gasteiger charge is -2.30. The van der Waals surface area contributed by atoms with Gasteiger partial charge < -0.3 is 15.2 Å². The number of nitrogens with zero attached hydrogens (tertiary/aromatic N) is 3. The van der Waals surface area contributed by atoms with Crippen LogP contribution in [0, 0.1) is 11.6 Å². The van der Waals surface area contributed by atoms with Crippen LogP contribution in [0.1, 0.15) is 32.2 Å². The van der Waals surface area contributed by atoms with Crippen LogP contribution < -0.4 is 5.73 Å². The van der Waals surface area contributed by atoms with Gasteiger partial charge in [-0.1, -0.05) is 6.42 Å². The minimum Gasteiger partial charge on any atom is -0.369 e. The third-order valence-corrected chi connectivity index (χ3v) is 4.15. The molecule has 0 spiro atoms. The molecule has 6 heteroatoms. The van der Waals surface area contributed by atoms with E-state index < -0.39 is 11.6 Å². The first-order valence-electron chi connectivity index (χ1n) is 7.41. The average molecular weight is 294 g/mol. The second-order valence-electron chi connectivity index (χ2n) is 5.81. The van der Waals surface area contributed by atoms with Crippen LogP contribution in [0.3, 0.4) is 0 Å². The van der Waals surface area contributed by atoms with E-state index in [9.17, 15) is 8.78 Å². The highest BCUT2D eigenvalue weighted by Crippen LogP contribution is 2.26. The van der Waals surface area contributed by atoms with E-state index in [0.29, 0.717) is 5.52 Å². The molecule has 0 bridgehead atoms. The molecule has 1 atom stereocenters. The van der Waals surface area contributed by atoms with Crippen molar-refractivity contribution in [1.82, 2.24) is 14.5 Å². The molecule has 1 aromatic carbocycles. The number of rotatable bonds is 3. The molecule has 2 N–H and O–H groups in total. The summed E-state index contributed by atoms with van der Waals surface area (Å²) >= 11 is 0. The van der Waals surface area contributed by atoms with Gasteiger partial charge in [0.05, 0.1) is 5.52 Å². The number of nitrogen functional groups attached to an aromatic ring is 1. The molecule has 2 aromatic rings. The van der Waals surface area contributed by atoms with Crippen LogP contribution in [-0.4, -0.2) is 34.1 Å². The molecule has 4 nitrogen and oxygen atoms in total. The van der Waals surface area contributed by atoms with Gasteiger partial charge in [-0.3, -0.25) is 0 Å². The maximum atomic E-state index is 13.8. The Morgan fingerprint density at radius 3 is 2.67 bits per heavy atom. The third kappa shape index (κ3) is 2.72. The van der Waals surface area contributed by atoms with Crippen molar-refractivity contribution in [2.45, 2.75) is 32.2 Å². The standard InChI is InChI=1S/C15H20F2N4/c1-10(9-20-5-3-2-4-6-20)21-13-8-11(16)7-12(17)14(13)19-15(21)18/h7-8,10H,2-6,9H2,1H3,(H2,18,19). The summed E-state index contributed by atoms with van der Waals surface area (Å²) in [5, 5.41) is 0. The number of hydrogen-bond donors (Lipinski definition) is 1. The first-order valence-corrected chi connectivity index (χ1v) is 7.41. The number of benzene rings is 1. The number of halogens is 2. The molecule has 0 amide bonds. The Labute approximate surface area is 122 Å². The number of hydrogen-bond acceptors (Lipinski definition) is 3. The number of likely N-dealkylation sites (tertiary alicyclic amines) is 1. The van der Waals surface area contributed by atoms with E-state index in [1.807, 2.05) is 6.92 Å². The summed E-state index contributed by atoms with van der Waals surface area (Å²) in [6, 6.07) is 2.16. The topological polar surface area (TPSA) is 47.1 Å². The first kappa shape index (κ1) is 14.3. The number of aromatic nitrogens is 2. The highest BCUT2D eigenvalue weighted by molar-refractivity contribution is 5.79. The van der Waals surface area contributed by atoms with Gasteiger partial charge in [-0.2, -0.15) is 0 Å². The molecular weight excluding hydrogens is 274 g/mol. The number of piperidine rings is 1. The van der Waals surface area contributed by atoms with Crippen LogP contribution in [0.25, 0.3) is 11.0 Å². The summed E-state index contributed by atoms with van der Waals surface area (Å²) in [6.07, 6.45) is 3.68. The molecular formula is C15H20F2N4. The Kier molecular flexibility index (Phi) is 3.80. The largest absolute Gasteiger partial charge is 0.369 e. The molecule has 114 valence electrons. The van der Waals surface area contributed by atoms with Crippen molar-refractivity contribution in [2.75, 3.05) is 25.4 Å². The quantitative estimate of drug-likeness (QED) is 0.946. The lowest BCUT2D eigenvalue weighted by molar-refractivity contribution is 0.204. The second-order valence-corrected chi connectivity index (χ2v) is 5.81. The van der Waals surface area contributed by atoms with Crippen LogP contribution in [0.4, 0.5) is 14.7 Å². The molecule has 2 heterocycles. The maximum Gasteiger partial charge on any atom is 0.201 e. The number of anilines is 1. The Morgan fingerprint density at radius 1 is 1.24 bits per heavy atom. The van der Waals surface area contributed by atoms with E-state index in [2.05, 4.69) is 9.88 Å². The Morgan fingerprint density at radius 2 is 1.95 bits per heavy atom. The highest BCUT2D eigenvalue weighted by Gasteiger charge is 2.20.